The summed E-state index contributed by atoms with van der Waals surface area (Å²) < 4.78 is 6.05. The van der Waals surface area contributed by atoms with Crippen LogP contribution in [-0.4, -0.2) is 17.5 Å². The van der Waals surface area contributed by atoms with Crippen LogP contribution in [0.2, 0.25) is 0 Å². The summed E-state index contributed by atoms with van der Waals surface area (Å²) in [6.07, 6.45) is 0. The highest BCUT2D eigenvalue weighted by Crippen LogP contribution is 2.22. The van der Waals surface area contributed by atoms with Crippen LogP contribution in [-0.2, 0) is 4.74 Å². The van der Waals surface area contributed by atoms with E-state index < -0.39 is 10.9 Å². The van der Waals surface area contributed by atoms with Gasteiger partial charge in [-0.2, -0.15) is 0 Å². The second-order valence-corrected chi connectivity index (χ2v) is 6.71. The molecule has 0 N–H and O–H groups in total. The smallest absolute Gasteiger partial charge is 0.345 e. The zero-order valence-electron chi connectivity index (χ0n) is 15.1. The molecule has 0 aliphatic carbocycles. The molecule has 0 saturated heterocycles. The van der Waals surface area contributed by atoms with Crippen LogP contribution in [0.4, 0.5) is 5.69 Å². The predicted molar refractivity (Wildman–Crippen MR) is 107 cm³/mol. The second-order valence-electron chi connectivity index (χ2n) is 5.55. The summed E-state index contributed by atoms with van der Waals surface area (Å²) in [5.74, 6) is -0.667. The number of carbonyl (C=O) groups excluding carboxylic acids is 1. The number of aryl methyl sites for hydroxylation is 1. The van der Waals surface area contributed by atoms with Crippen LogP contribution in [0.5, 0.6) is 0 Å². The van der Waals surface area contributed by atoms with Gasteiger partial charge in [0.15, 0.2) is 0 Å². The van der Waals surface area contributed by atoms with Crippen molar-refractivity contribution < 1.29 is 14.5 Å². The molecule has 2 rings (SSSR count). The standard InChI is InChI=1S/C10H13I.C9H9NO4/c1-6-5-10(11)9(4)8(3)7(6)2;1-2-14-9(11)7-5-3-4-6-8(7)10(12)13/h5H,1-4H3;3-6H,2H2,1H3. The van der Waals surface area contributed by atoms with E-state index in [2.05, 4.69) is 61.1 Å². The largest absolute Gasteiger partial charge is 0.462 e. The third-order valence-electron chi connectivity index (χ3n) is 4.01. The lowest BCUT2D eigenvalue weighted by Crippen LogP contribution is -2.07. The summed E-state index contributed by atoms with van der Waals surface area (Å²) in [5.41, 5.74) is 5.45. The lowest BCUT2D eigenvalue weighted by molar-refractivity contribution is -0.385. The molecule has 25 heavy (non-hydrogen) atoms. The number of para-hydroxylation sites is 1. The van der Waals surface area contributed by atoms with E-state index in [0.29, 0.717) is 0 Å². The first-order valence-electron chi connectivity index (χ1n) is 7.84. The maximum atomic E-state index is 11.2. The van der Waals surface area contributed by atoms with E-state index in [-0.39, 0.29) is 17.9 Å². The molecule has 0 bridgehead atoms. The van der Waals surface area contributed by atoms with Crippen molar-refractivity contribution in [2.24, 2.45) is 0 Å². The number of esters is 1. The van der Waals surface area contributed by atoms with E-state index in [0.717, 1.165) is 0 Å². The van der Waals surface area contributed by atoms with Gasteiger partial charge in [0.05, 0.1) is 11.5 Å². The van der Waals surface area contributed by atoms with Gasteiger partial charge in [-0.05, 0) is 91.6 Å². The first kappa shape index (κ1) is 21.1. The van der Waals surface area contributed by atoms with E-state index in [1.54, 1.807) is 13.0 Å². The van der Waals surface area contributed by atoms with Gasteiger partial charge >= 0.3 is 5.97 Å². The molecule has 6 heteroatoms. The van der Waals surface area contributed by atoms with Gasteiger partial charge in [0.2, 0.25) is 0 Å². The number of halogens is 1. The average molecular weight is 455 g/mol. The minimum atomic E-state index is -0.667. The molecule has 0 saturated carbocycles. The Hall–Kier alpha value is -1.96. The van der Waals surface area contributed by atoms with Gasteiger partial charge in [-0.1, -0.05) is 12.1 Å². The van der Waals surface area contributed by atoms with Gasteiger partial charge in [0, 0.05) is 9.64 Å². The van der Waals surface area contributed by atoms with E-state index in [1.807, 2.05) is 0 Å². The van der Waals surface area contributed by atoms with Gasteiger partial charge in [0.1, 0.15) is 5.56 Å². The van der Waals surface area contributed by atoms with Gasteiger partial charge < -0.3 is 4.74 Å². The van der Waals surface area contributed by atoms with Crippen LogP contribution in [0.15, 0.2) is 30.3 Å². The number of nitro groups is 1. The molecule has 5 nitrogen and oxygen atoms in total. The maximum Gasteiger partial charge on any atom is 0.345 e. The first-order chi connectivity index (χ1) is 11.7. The van der Waals surface area contributed by atoms with Gasteiger partial charge in [0.25, 0.3) is 5.69 Å². The maximum absolute atomic E-state index is 11.2. The molecule has 2 aromatic rings. The minimum absolute atomic E-state index is 0.0145. The fourth-order valence-electron chi connectivity index (χ4n) is 2.18. The van der Waals surface area contributed by atoms with Gasteiger partial charge in [-0.3, -0.25) is 10.1 Å². The Morgan fingerprint density at radius 2 is 1.72 bits per heavy atom. The summed E-state index contributed by atoms with van der Waals surface area (Å²) in [5, 5.41) is 10.5. The van der Waals surface area contributed by atoms with Crippen molar-refractivity contribution >= 4 is 34.2 Å². The molecule has 0 heterocycles. The number of rotatable bonds is 3. The van der Waals surface area contributed by atoms with Crippen molar-refractivity contribution in [1.82, 2.24) is 0 Å². The lowest BCUT2D eigenvalue weighted by atomic mass is 10.0. The van der Waals surface area contributed by atoms with Crippen molar-refractivity contribution in [2.75, 3.05) is 6.61 Å². The highest BCUT2D eigenvalue weighted by molar-refractivity contribution is 14.1. The Morgan fingerprint density at radius 1 is 1.12 bits per heavy atom. The molecule has 0 atom stereocenters. The summed E-state index contributed by atoms with van der Waals surface area (Å²) in [6.45, 7) is 10.6. The van der Waals surface area contributed by atoms with Crippen molar-refractivity contribution in [1.29, 1.82) is 0 Å². The molecular weight excluding hydrogens is 433 g/mol. The van der Waals surface area contributed by atoms with Crippen molar-refractivity contribution in [2.45, 2.75) is 34.6 Å². The third kappa shape index (κ3) is 5.52. The van der Waals surface area contributed by atoms with Crippen molar-refractivity contribution in [3.8, 4) is 0 Å². The Kier molecular flexibility index (Phi) is 8.02. The number of hydrogen-bond acceptors (Lipinski definition) is 4. The normalized spacial score (nSPS) is 9.84. The van der Waals surface area contributed by atoms with E-state index in [4.69, 9.17) is 0 Å². The van der Waals surface area contributed by atoms with E-state index in [1.165, 1.54) is 44.0 Å². The summed E-state index contributed by atoms with van der Waals surface area (Å²) in [6, 6.07) is 7.95. The number of nitrogens with zero attached hydrogens (tertiary/aromatic N) is 1. The highest BCUT2D eigenvalue weighted by atomic mass is 127. The summed E-state index contributed by atoms with van der Waals surface area (Å²) >= 11 is 2.39. The van der Waals surface area contributed by atoms with Crippen LogP contribution < -0.4 is 0 Å². The molecule has 0 radical (unpaired) electrons. The monoisotopic (exact) mass is 455 g/mol. The zero-order valence-corrected chi connectivity index (χ0v) is 17.2. The Morgan fingerprint density at radius 3 is 2.28 bits per heavy atom. The predicted octanol–water partition coefficient (Wildman–Crippen LogP) is 5.30. The zero-order chi connectivity index (χ0) is 19.1. The van der Waals surface area contributed by atoms with Crippen LogP contribution in [0.1, 0.15) is 39.5 Å². The fraction of sp³-hybridized carbons (Fsp3) is 0.316. The number of hydrogen-bond donors (Lipinski definition) is 0. The van der Waals surface area contributed by atoms with Crippen molar-refractivity contribution in [3.63, 3.8) is 0 Å². The van der Waals surface area contributed by atoms with Gasteiger partial charge in [-0.25, -0.2) is 4.79 Å². The van der Waals surface area contributed by atoms with E-state index >= 15 is 0 Å². The second kappa shape index (κ2) is 9.50. The molecule has 0 aromatic heterocycles. The molecule has 0 fully saturated rings. The van der Waals surface area contributed by atoms with Crippen LogP contribution in [0.3, 0.4) is 0 Å². The number of ether oxygens (including phenoxy) is 1. The minimum Gasteiger partial charge on any atom is -0.462 e. The van der Waals surface area contributed by atoms with Crippen LogP contribution >= 0.6 is 22.6 Å². The molecule has 0 amide bonds. The SMILES string of the molecule is CCOC(=O)c1ccccc1[N+](=O)[O-].Cc1cc(I)c(C)c(C)c1C. The third-order valence-corrected chi connectivity index (χ3v) is 5.13. The molecule has 0 aliphatic heterocycles. The molecular formula is C19H22INO4. The summed E-state index contributed by atoms with van der Waals surface area (Å²) in [7, 11) is 0. The van der Waals surface area contributed by atoms with Crippen LogP contribution in [0.25, 0.3) is 0 Å². The fourth-order valence-corrected chi connectivity index (χ4v) is 3.05. The number of carbonyl (C=O) groups is 1. The topological polar surface area (TPSA) is 69.4 Å². The van der Waals surface area contributed by atoms with E-state index in [9.17, 15) is 14.9 Å². The molecule has 0 spiro atoms. The Labute approximate surface area is 161 Å². The highest BCUT2D eigenvalue weighted by Gasteiger charge is 2.19. The molecule has 134 valence electrons. The molecule has 0 unspecified atom stereocenters. The summed E-state index contributed by atoms with van der Waals surface area (Å²) in [4.78, 5) is 21.2. The Bertz CT molecular complexity index is 761. The molecule has 0 aliphatic rings. The number of benzene rings is 2. The average Bonchev–Trinajstić information content (AvgIpc) is 2.59. The quantitative estimate of drug-likeness (QED) is 0.273. The lowest BCUT2D eigenvalue weighted by Gasteiger charge is -2.09. The molecule has 2 aromatic carbocycles. The van der Waals surface area contributed by atoms with Crippen LogP contribution in [0, 0.1) is 41.4 Å². The first-order valence-corrected chi connectivity index (χ1v) is 8.92. The van der Waals surface area contributed by atoms with Crippen molar-refractivity contribution in [3.05, 3.63) is 71.8 Å². The van der Waals surface area contributed by atoms with Gasteiger partial charge in [-0.15, -0.1) is 0 Å². The Balaban J connectivity index is 0.000000257. The number of nitro benzene ring substituents is 1.